The van der Waals surface area contributed by atoms with Crippen molar-refractivity contribution >= 4 is 34.3 Å². The van der Waals surface area contributed by atoms with E-state index in [2.05, 4.69) is 34.5 Å². The zero-order valence-corrected chi connectivity index (χ0v) is 11.9. The van der Waals surface area contributed by atoms with E-state index in [9.17, 15) is 4.79 Å². The van der Waals surface area contributed by atoms with Gasteiger partial charge in [-0.05, 0) is 42.5 Å². The van der Waals surface area contributed by atoms with Crippen LogP contribution in [-0.2, 0) is 4.79 Å². The maximum atomic E-state index is 10.7. The summed E-state index contributed by atoms with van der Waals surface area (Å²) >= 11 is 1.18. The number of fused-ring (bicyclic) bond motifs is 3. The molecule has 1 aromatic carbocycles. The average Bonchev–Trinajstić information content (AvgIpc) is 2.82. The Morgan fingerprint density at radius 2 is 2.10 bits per heavy atom. The number of carbonyl (C=O) groups is 1. The molecule has 2 aromatic heterocycles. The van der Waals surface area contributed by atoms with E-state index in [0.717, 1.165) is 27.7 Å². The van der Waals surface area contributed by atoms with E-state index in [1.165, 1.54) is 11.8 Å². The second-order valence-corrected chi connectivity index (χ2v) is 5.66. The molecule has 0 saturated heterocycles. The zero-order chi connectivity index (χ0) is 14.3. The fourth-order valence-electron chi connectivity index (χ4n) is 2.23. The minimum atomic E-state index is -0.861. The molecule has 5 nitrogen and oxygen atoms in total. The Morgan fingerprint density at radius 3 is 2.85 bits per heavy atom. The van der Waals surface area contributed by atoms with Gasteiger partial charge in [0.25, 0.3) is 0 Å². The molecule has 6 heteroatoms. The number of aliphatic carboxylic acids is 1. The molecule has 0 aliphatic rings. The van der Waals surface area contributed by atoms with Gasteiger partial charge in [-0.3, -0.25) is 9.20 Å². The molecular weight excluding hydrogens is 274 g/mol. The zero-order valence-electron chi connectivity index (χ0n) is 11.1. The lowest BCUT2D eigenvalue weighted by Crippen LogP contribution is -2.00. The third-order valence-corrected chi connectivity index (χ3v) is 4.02. The van der Waals surface area contributed by atoms with Gasteiger partial charge in [0.05, 0.1) is 11.3 Å². The van der Waals surface area contributed by atoms with Crippen LogP contribution in [0, 0.1) is 13.8 Å². The third-order valence-electron chi connectivity index (χ3n) is 3.11. The number of hydrogen-bond donors (Lipinski definition) is 1. The van der Waals surface area contributed by atoms with E-state index in [0.29, 0.717) is 5.16 Å². The monoisotopic (exact) mass is 287 g/mol. The van der Waals surface area contributed by atoms with Crippen molar-refractivity contribution in [3.8, 4) is 0 Å². The molecule has 0 spiro atoms. The Balaban J connectivity index is 2.29. The van der Waals surface area contributed by atoms with E-state index in [1.54, 1.807) is 0 Å². The van der Waals surface area contributed by atoms with Crippen molar-refractivity contribution in [2.75, 3.05) is 5.75 Å². The molecule has 0 unspecified atom stereocenters. The van der Waals surface area contributed by atoms with Crippen LogP contribution in [0.4, 0.5) is 0 Å². The van der Waals surface area contributed by atoms with Crippen LogP contribution < -0.4 is 0 Å². The summed E-state index contributed by atoms with van der Waals surface area (Å²) in [7, 11) is 0. The van der Waals surface area contributed by atoms with Crippen molar-refractivity contribution in [3.05, 3.63) is 35.4 Å². The number of pyridine rings is 1. The van der Waals surface area contributed by atoms with Crippen LogP contribution in [-0.4, -0.2) is 31.4 Å². The first kappa shape index (κ1) is 12.9. The van der Waals surface area contributed by atoms with Crippen LogP contribution in [0.2, 0.25) is 0 Å². The van der Waals surface area contributed by atoms with Crippen LogP contribution in [0.15, 0.2) is 29.4 Å². The summed E-state index contributed by atoms with van der Waals surface area (Å²) in [4.78, 5) is 10.7. The number of aryl methyl sites for hydroxylation is 2. The molecule has 0 atom stereocenters. The number of aromatic nitrogens is 3. The highest BCUT2D eigenvalue weighted by molar-refractivity contribution is 7.99. The van der Waals surface area contributed by atoms with Gasteiger partial charge in [0.2, 0.25) is 0 Å². The normalized spacial score (nSPS) is 11.3. The molecule has 102 valence electrons. The Hall–Kier alpha value is -2.08. The molecule has 0 amide bonds. The lowest BCUT2D eigenvalue weighted by atomic mass is 10.1. The minimum Gasteiger partial charge on any atom is -0.481 e. The molecule has 0 bridgehead atoms. The molecule has 3 aromatic rings. The molecule has 0 aliphatic carbocycles. The molecule has 0 aliphatic heterocycles. The molecule has 20 heavy (non-hydrogen) atoms. The number of carboxylic acid groups (broad SMARTS) is 1. The fraction of sp³-hybridized carbons (Fsp3) is 0.214. The highest BCUT2D eigenvalue weighted by atomic mass is 32.2. The second kappa shape index (κ2) is 4.79. The highest BCUT2D eigenvalue weighted by Crippen LogP contribution is 2.26. The van der Waals surface area contributed by atoms with Gasteiger partial charge < -0.3 is 5.11 Å². The van der Waals surface area contributed by atoms with Gasteiger partial charge in [-0.1, -0.05) is 23.9 Å². The molecule has 0 saturated carbocycles. The first-order valence-electron chi connectivity index (χ1n) is 6.16. The van der Waals surface area contributed by atoms with Crippen LogP contribution in [0.5, 0.6) is 0 Å². The lowest BCUT2D eigenvalue weighted by Gasteiger charge is -2.07. The summed E-state index contributed by atoms with van der Waals surface area (Å²) in [5, 5.41) is 18.8. The second-order valence-electron chi connectivity index (χ2n) is 4.71. The molecule has 0 fully saturated rings. The largest absolute Gasteiger partial charge is 0.481 e. The Kier molecular flexibility index (Phi) is 3.10. The SMILES string of the molecule is Cc1ccc2cc(C)c3nnc(SCC(=O)O)n3c2c1. The van der Waals surface area contributed by atoms with E-state index in [4.69, 9.17) is 5.11 Å². The maximum absolute atomic E-state index is 10.7. The van der Waals surface area contributed by atoms with Crippen molar-refractivity contribution < 1.29 is 9.90 Å². The minimum absolute atomic E-state index is 0.0257. The van der Waals surface area contributed by atoms with Gasteiger partial charge in [0, 0.05) is 0 Å². The number of benzene rings is 1. The predicted molar refractivity (Wildman–Crippen MR) is 78.3 cm³/mol. The summed E-state index contributed by atoms with van der Waals surface area (Å²) in [6.07, 6.45) is 0. The third kappa shape index (κ3) is 2.12. The quantitative estimate of drug-likeness (QED) is 0.750. The average molecular weight is 287 g/mol. The van der Waals surface area contributed by atoms with Crippen molar-refractivity contribution in [2.24, 2.45) is 0 Å². The summed E-state index contributed by atoms with van der Waals surface area (Å²) in [5.41, 5.74) is 3.95. The highest BCUT2D eigenvalue weighted by Gasteiger charge is 2.13. The summed E-state index contributed by atoms with van der Waals surface area (Å²) in [6.45, 7) is 4.01. The van der Waals surface area contributed by atoms with Gasteiger partial charge in [-0.15, -0.1) is 10.2 Å². The molecule has 3 rings (SSSR count). The number of thioether (sulfide) groups is 1. The molecular formula is C14H13N3O2S. The van der Waals surface area contributed by atoms with Crippen LogP contribution in [0.3, 0.4) is 0 Å². The van der Waals surface area contributed by atoms with E-state index in [-0.39, 0.29) is 5.75 Å². The molecule has 0 radical (unpaired) electrons. The van der Waals surface area contributed by atoms with E-state index < -0.39 is 5.97 Å². The van der Waals surface area contributed by atoms with Crippen molar-refractivity contribution in [1.29, 1.82) is 0 Å². The number of carboxylic acids is 1. The summed E-state index contributed by atoms with van der Waals surface area (Å²) in [6, 6.07) is 8.26. The Bertz CT molecular complexity index is 826. The predicted octanol–water partition coefficient (Wildman–Crippen LogP) is 2.68. The van der Waals surface area contributed by atoms with Crippen LogP contribution in [0.1, 0.15) is 11.1 Å². The van der Waals surface area contributed by atoms with E-state index >= 15 is 0 Å². The van der Waals surface area contributed by atoms with Crippen LogP contribution >= 0.6 is 11.8 Å². The topological polar surface area (TPSA) is 67.5 Å². The van der Waals surface area contributed by atoms with Crippen molar-refractivity contribution in [2.45, 2.75) is 19.0 Å². The fourth-order valence-corrected chi connectivity index (χ4v) is 2.89. The Morgan fingerprint density at radius 1 is 1.30 bits per heavy atom. The molecule has 1 N–H and O–H groups in total. The van der Waals surface area contributed by atoms with Gasteiger partial charge in [-0.25, -0.2) is 0 Å². The van der Waals surface area contributed by atoms with Gasteiger partial charge in [-0.2, -0.15) is 0 Å². The first-order valence-corrected chi connectivity index (χ1v) is 7.14. The van der Waals surface area contributed by atoms with Gasteiger partial charge >= 0.3 is 5.97 Å². The first-order chi connectivity index (χ1) is 9.56. The summed E-state index contributed by atoms with van der Waals surface area (Å²) in [5.74, 6) is -0.887. The van der Waals surface area contributed by atoms with Crippen molar-refractivity contribution in [3.63, 3.8) is 0 Å². The van der Waals surface area contributed by atoms with Crippen LogP contribution in [0.25, 0.3) is 16.6 Å². The van der Waals surface area contributed by atoms with Gasteiger partial charge in [0.15, 0.2) is 10.8 Å². The van der Waals surface area contributed by atoms with Gasteiger partial charge in [0.1, 0.15) is 0 Å². The van der Waals surface area contributed by atoms with E-state index in [1.807, 2.05) is 18.2 Å². The number of nitrogens with zero attached hydrogens (tertiary/aromatic N) is 3. The smallest absolute Gasteiger partial charge is 0.313 e. The number of hydrogen-bond acceptors (Lipinski definition) is 4. The standard InChI is InChI=1S/C14H13N3O2S/c1-8-3-4-10-6-9(2)13-15-16-14(20-7-12(18)19)17(13)11(10)5-8/h3-6H,7H2,1-2H3,(H,18,19). The Labute approximate surface area is 119 Å². The summed E-state index contributed by atoms with van der Waals surface area (Å²) < 4.78 is 1.94. The van der Waals surface area contributed by atoms with Crippen molar-refractivity contribution in [1.82, 2.24) is 14.6 Å². The molecule has 2 heterocycles. The maximum Gasteiger partial charge on any atom is 0.313 e. The number of rotatable bonds is 3. The lowest BCUT2D eigenvalue weighted by molar-refractivity contribution is -0.133.